The van der Waals surface area contributed by atoms with Crippen LogP contribution < -0.4 is 5.11 Å². The molecule has 0 aromatic heterocycles. The minimum Gasteiger partial charge on any atom is -0.548 e. The number of carbonyl (C=O) groups is 3. The van der Waals surface area contributed by atoms with Crippen molar-refractivity contribution in [1.29, 1.82) is 0 Å². The van der Waals surface area contributed by atoms with Crippen molar-refractivity contribution in [1.82, 2.24) is 4.90 Å². The smallest absolute Gasteiger partial charge is 0.234 e. The fourth-order valence-electron chi connectivity index (χ4n) is 5.02. The van der Waals surface area contributed by atoms with E-state index in [1.165, 1.54) is 0 Å². The average molecular weight is 332 g/mol. The van der Waals surface area contributed by atoms with Crippen molar-refractivity contribution in [3.63, 3.8) is 0 Å². The fourth-order valence-corrected chi connectivity index (χ4v) is 5.02. The third-order valence-electron chi connectivity index (χ3n) is 5.83. The van der Waals surface area contributed by atoms with Crippen molar-refractivity contribution in [3.8, 4) is 0 Å². The summed E-state index contributed by atoms with van der Waals surface area (Å²) in [4.78, 5) is 37.7. The summed E-state index contributed by atoms with van der Waals surface area (Å²) in [5, 5.41) is 11.0. The topological polar surface area (TPSA) is 77.5 Å². The molecule has 5 heteroatoms. The van der Waals surface area contributed by atoms with Gasteiger partial charge >= 0.3 is 0 Å². The molecule has 2 amide bonds. The number of rotatable bonds is 2. The van der Waals surface area contributed by atoms with Gasteiger partial charge in [0.1, 0.15) is 0 Å². The molecule has 0 unspecified atom stereocenters. The van der Waals surface area contributed by atoms with Gasteiger partial charge in [-0.25, -0.2) is 0 Å². The van der Waals surface area contributed by atoms with Crippen molar-refractivity contribution in [3.05, 3.63) is 70.8 Å². The number of likely N-dealkylation sites (tertiary alicyclic amines) is 1. The zero-order valence-corrected chi connectivity index (χ0v) is 13.2. The Balaban J connectivity index is 1.74. The van der Waals surface area contributed by atoms with Crippen LogP contribution in [0.15, 0.2) is 48.5 Å². The van der Waals surface area contributed by atoms with Crippen LogP contribution >= 0.6 is 0 Å². The second-order valence-corrected chi connectivity index (χ2v) is 6.90. The molecule has 2 aromatic carbocycles. The lowest BCUT2D eigenvalue weighted by molar-refractivity contribution is -0.305. The molecule has 1 aliphatic heterocycles. The van der Waals surface area contributed by atoms with Gasteiger partial charge in [0.15, 0.2) is 0 Å². The second kappa shape index (κ2) is 4.79. The molecule has 0 spiro atoms. The van der Waals surface area contributed by atoms with Gasteiger partial charge in [-0.2, -0.15) is 0 Å². The molecule has 4 aliphatic rings. The maximum atomic E-state index is 12.9. The number of carboxylic acids is 1. The number of carboxylic acid groups (broad SMARTS) is 1. The zero-order valence-electron chi connectivity index (χ0n) is 13.2. The molecule has 1 heterocycles. The van der Waals surface area contributed by atoms with Crippen LogP contribution in [0.25, 0.3) is 0 Å². The van der Waals surface area contributed by atoms with Crippen LogP contribution in [-0.2, 0) is 14.4 Å². The Morgan fingerprint density at radius 2 is 1.16 bits per heavy atom. The lowest BCUT2D eigenvalue weighted by atomic mass is 9.55. The molecule has 124 valence electrons. The molecule has 2 bridgehead atoms. The minimum absolute atomic E-state index is 0.203. The lowest BCUT2D eigenvalue weighted by Crippen LogP contribution is -2.42. The van der Waals surface area contributed by atoms with Crippen molar-refractivity contribution < 1.29 is 19.5 Å². The van der Waals surface area contributed by atoms with E-state index in [0.717, 1.165) is 27.2 Å². The van der Waals surface area contributed by atoms with Gasteiger partial charge in [0, 0.05) is 11.8 Å². The predicted molar refractivity (Wildman–Crippen MR) is 85.3 cm³/mol. The third kappa shape index (κ3) is 1.70. The summed E-state index contributed by atoms with van der Waals surface area (Å²) in [5.41, 5.74) is 4.29. The van der Waals surface area contributed by atoms with E-state index in [2.05, 4.69) is 0 Å². The van der Waals surface area contributed by atoms with Crippen LogP contribution in [0, 0.1) is 11.8 Å². The average Bonchev–Trinajstić information content (AvgIpc) is 2.87. The molecule has 2 atom stereocenters. The molecule has 0 radical (unpaired) electrons. The van der Waals surface area contributed by atoms with Crippen LogP contribution in [0.2, 0.25) is 0 Å². The van der Waals surface area contributed by atoms with E-state index in [9.17, 15) is 19.5 Å². The van der Waals surface area contributed by atoms with Gasteiger partial charge in [-0.15, -0.1) is 0 Å². The quantitative estimate of drug-likeness (QED) is 0.756. The van der Waals surface area contributed by atoms with Crippen LogP contribution in [0.5, 0.6) is 0 Å². The molecule has 0 saturated carbocycles. The normalized spacial score (nSPS) is 28.6. The van der Waals surface area contributed by atoms with Crippen molar-refractivity contribution in [2.45, 2.75) is 11.8 Å². The van der Waals surface area contributed by atoms with E-state index in [1.807, 2.05) is 48.5 Å². The van der Waals surface area contributed by atoms with Crippen molar-refractivity contribution in [2.75, 3.05) is 6.54 Å². The number of hydrogen-bond acceptors (Lipinski definition) is 4. The summed E-state index contributed by atoms with van der Waals surface area (Å²) in [7, 11) is 0. The summed E-state index contributed by atoms with van der Waals surface area (Å²) < 4.78 is 0. The molecule has 5 nitrogen and oxygen atoms in total. The van der Waals surface area contributed by atoms with Gasteiger partial charge < -0.3 is 9.90 Å². The SMILES string of the molecule is O=C([O-])CN1C(=O)[C@H]2C3c4ccccc4C(c4ccccc43)[C@@H]2C1=O. The highest BCUT2D eigenvalue weighted by Crippen LogP contribution is 2.60. The number of aliphatic carboxylic acids is 1. The Hall–Kier alpha value is -2.95. The first-order chi connectivity index (χ1) is 12.1. The fraction of sp³-hybridized carbons (Fsp3) is 0.250. The van der Waals surface area contributed by atoms with E-state index in [4.69, 9.17) is 0 Å². The molecular weight excluding hydrogens is 318 g/mol. The molecule has 3 aliphatic carbocycles. The highest BCUT2D eigenvalue weighted by Gasteiger charge is 2.61. The van der Waals surface area contributed by atoms with Crippen molar-refractivity contribution in [2.24, 2.45) is 11.8 Å². The summed E-state index contributed by atoms with van der Waals surface area (Å²) in [6.45, 7) is -0.670. The third-order valence-corrected chi connectivity index (χ3v) is 5.83. The maximum Gasteiger partial charge on any atom is 0.234 e. The van der Waals surface area contributed by atoms with Gasteiger partial charge in [-0.1, -0.05) is 48.5 Å². The molecule has 1 saturated heterocycles. The first-order valence-electron chi connectivity index (χ1n) is 8.32. The van der Waals surface area contributed by atoms with Crippen LogP contribution in [0.4, 0.5) is 0 Å². The molecule has 0 N–H and O–H groups in total. The van der Waals surface area contributed by atoms with Gasteiger partial charge in [0.25, 0.3) is 0 Å². The second-order valence-electron chi connectivity index (χ2n) is 6.90. The summed E-state index contributed by atoms with van der Waals surface area (Å²) >= 11 is 0. The number of imide groups is 1. The van der Waals surface area contributed by atoms with Gasteiger partial charge in [0.2, 0.25) is 11.8 Å². The molecular formula is C20H14NO4-. The monoisotopic (exact) mass is 332 g/mol. The molecule has 6 rings (SSSR count). The highest BCUT2D eigenvalue weighted by atomic mass is 16.4. The first kappa shape index (κ1) is 14.4. The molecule has 1 fully saturated rings. The largest absolute Gasteiger partial charge is 0.548 e. The lowest BCUT2D eigenvalue weighted by Gasteiger charge is -2.45. The summed E-state index contributed by atoms with van der Waals surface area (Å²) in [6, 6.07) is 15.8. The number of hydrogen-bond donors (Lipinski definition) is 0. The van der Waals surface area contributed by atoms with Gasteiger partial charge in [-0.3, -0.25) is 14.5 Å². The highest BCUT2D eigenvalue weighted by molar-refractivity contribution is 6.09. The van der Waals surface area contributed by atoms with Crippen LogP contribution in [0.1, 0.15) is 34.1 Å². The Bertz CT molecular complexity index is 835. The summed E-state index contributed by atoms with van der Waals surface area (Å²) in [5.74, 6) is -3.65. The molecule has 25 heavy (non-hydrogen) atoms. The van der Waals surface area contributed by atoms with Gasteiger partial charge in [0.05, 0.1) is 24.3 Å². The minimum atomic E-state index is -1.41. The van der Waals surface area contributed by atoms with E-state index >= 15 is 0 Å². The van der Waals surface area contributed by atoms with E-state index < -0.39 is 36.2 Å². The zero-order chi connectivity index (χ0) is 17.3. The Labute approximate surface area is 143 Å². The number of nitrogens with zero attached hydrogens (tertiary/aromatic N) is 1. The predicted octanol–water partition coefficient (Wildman–Crippen LogP) is 0.628. The number of carbonyl (C=O) groups excluding carboxylic acids is 3. The Kier molecular flexibility index (Phi) is 2.76. The Morgan fingerprint density at radius 1 is 0.800 bits per heavy atom. The first-order valence-corrected chi connectivity index (χ1v) is 8.32. The molecule has 2 aromatic rings. The maximum absolute atomic E-state index is 12.9. The van der Waals surface area contributed by atoms with E-state index in [0.29, 0.717) is 0 Å². The summed E-state index contributed by atoms with van der Waals surface area (Å²) in [6.07, 6.45) is 0. The van der Waals surface area contributed by atoms with Gasteiger partial charge in [-0.05, 0) is 22.3 Å². The van der Waals surface area contributed by atoms with Crippen molar-refractivity contribution >= 4 is 17.8 Å². The standard InChI is InChI=1S/C20H15NO4/c22-14(23)9-21-19(24)17-15-10-5-1-2-6-11(10)16(18(17)20(21)25)13-8-4-3-7-12(13)15/h1-8,15-18H,9H2,(H,22,23)/p-1/t15?,16?,17-,18-/m0/s1. The number of amides is 2. The Morgan fingerprint density at radius 3 is 1.48 bits per heavy atom. The van der Waals surface area contributed by atoms with E-state index in [-0.39, 0.29) is 11.8 Å². The number of benzene rings is 2. The van der Waals surface area contributed by atoms with Crippen LogP contribution in [-0.4, -0.2) is 29.2 Å². The van der Waals surface area contributed by atoms with E-state index in [1.54, 1.807) is 0 Å². The van der Waals surface area contributed by atoms with Crippen LogP contribution in [0.3, 0.4) is 0 Å².